The number of rotatable bonds is 6. The molecule has 1 aromatic carbocycles. The lowest BCUT2D eigenvalue weighted by molar-refractivity contribution is 0.722. The Bertz CT molecular complexity index is 926. The van der Waals surface area contributed by atoms with E-state index in [0.717, 1.165) is 42.2 Å². The van der Waals surface area contributed by atoms with E-state index in [1.54, 1.807) is 6.20 Å². The van der Waals surface area contributed by atoms with Crippen molar-refractivity contribution in [3.05, 3.63) is 66.6 Å². The molecular weight excluding hydrogens is 302 g/mol. The first-order chi connectivity index (χ1) is 11.9. The number of aromatic nitrogens is 6. The minimum Gasteiger partial charge on any atom is -0.369 e. The van der Waals surface area contributed by atoms with Crippen molar-refractivity contribution in [2.24, 2.45) is 0 Å². The number of aromatic amines is 1. The standard InChI is InChI=1S/C17H17N7/c1-2-4-13(5-3-1)11-24-9-8-18-15(24)6-7-19-16-14-10-22-23-17(14)21-12-20-16/h1-5,8-10,12H,6-7,11H2,(H2,19,20,21,22,23). The van der Waals surface area contributed by atoms with E-state index >= 15 is 0 Å². The summed E-state index contributed by atoms with van der Waals surface area (Å²) in [5.41, 5.74) is 2.00. The predicted molar refractivity (Wildman–Crippen MR) is 91.6 cm³/mol. The molecule has 0 saturated carbocycles. The second kappa shape index (κ2) is 6.49. The van der Waals surface area contributed by atoms with E-state index in [2.05, 4.69) is 59.3 Å². The summed E-state index contributed by atoms with van der Waals surface area (Å²) in [5, 5.41) is 11.1. The molecule has 0 aliphatic heterocycles. The third-order valence-corrected chi connectivity index (χ3v) is 3.89. The number of fused-ring (bicyclic) bond motifs is 1. The zero-order valence-electron chi connectivity index (χ0n) is 13.1. The smallest absolute Gasteiger partial charge is 0.160 e. The SMILES string of the molecule is c1ccc(Cn2ccnc2CCNc2ncnc3[nH]ncc23)cc1. The molecule has 0 aliphatic carbocycles. The first kappa shape index (κ1) is 14.4. The van der Waals surface area contributed by atoms with Crippen LogP contribution in [0.3, 0.4) is 0 Å². The number of benzene rings is 1. The molecule has 0 saturated heterocycles. The summed E-state index contributed by atoms with van der Waals surface area (Å²) >= 11 is 0. The van der Waals surface area contributed by atoms with E-state index in [1.807, 2.05) is 18.5 Å². The summed E-state index contributed by atoms with van der Waals surface area (Å²) in [6.45, 7) is 1.57. The number of imidazole rings is 1. The number of anilines is 1. The van der Waals surface area contributed by atoms with Crippen LogP contribution in [0.4, 0.5) is 5.82 Å². The average Bonchev–Trinajstić information content (AvgIpc) is 3.26. The minimum atomic E-state index is 0.734. The van der Waals surface area contributed by atoms with Gasteiger partial charge < -0.3 is 9.88 Å². The van der Waals surface area contributed by atoms with Crippen molar-refractivity contribution in [3.8, 4) is 0 Å². The van der Waals surface area contributed by atoms with Crippen LogP contribution in [0.5, 0.6) is 0 Å². The summed E-state index contributed by atoms with van der Waals surface area (Å²) in [4.78, 5) is 12.9. The molecule has 3 heterocycles. The van der Waals surface area contributed by atoms with Gasteiger partial charge in [0, 0.05) is 31.9 Å². The topological polar surface area (TPSA) is 84.3 Å². The van der Waals surface area contributed by atoms with Gasteiger partial charge in [-0.25, -0.2) is 15.0 Å². The van der Waals surface area contributed by atoms with Crippen LogP contribution in [0, 0.1) is 0 Å². The quantitative estimate of drug-likeness (QED) is 0.569. The van der Waals surface area contributed by atoms with Crippen molar-refractivity contribution >= 4 is 16.9 Å². The third-order valence-electron chi connectivity index (χ3n) is 3.89. The summed E-state index contributed by atoms with van der Waals surface area (Å²) in [6, 6.07) is 10.4. The molecule has 4 rings (SSSR count). The molecule has 0 atom stereocenters. The van der Waals surface area contributed by atoms with E-state index < -0.39 is 0 Å². The van der Waals surface area contributed by atoms with Gasteiger partial charge in [-0.05, 0) is 5.56 Å². The Hall–Kier alpha value is -3.22. The molecule has 120 valence electrons. The number of hydrogen-bond donors (Lipinski definition) is 2. The lowest BCUT2D eigenvalue weighted by Crippen LogP contribution is -2.11. The van der Waals surface area contributed by atoms with Crippen molar-refractivity contribution in [2.75, 3.05) is 11.9 Å². The van der Waals surface area contributed by atoms with Gasteiger partial charge in [0.25, 0.3) is 0 Å². The molecule has 0 amide bonds. The molecule has 4 aromatic rings. The molecule has 7 heteroatoms. The molecule has 0 fully saturated rings. The molecular formula is C17H17N7. The van der Waals surface area contributed by atoms with E-state index in [1.165, 1.54) is 11.9 Å². The molecule has 7 nitrogen and oxygen atoms in total. The molecule has 0 radical (unpaired) electrons. The van der Waals surface area contributed by atoms with Crippen molar-refractivity contribution < 1.29 is 0 Å². The van der Waals surface area contributed by atoms with E-state index in [0.29, 0.717) is 0 Å². The summed E-state index contributed by atoms with van der Waals surface area (Å²) < 4.78 is 2.17. The Kier molecular flexibility index (Phi) is 3.89. The molecule has 0 aliphatic rings. The number of nitrogens with one attached hydrogen (secondary N) is 2. The largest absolute Gasteiger partial charge is 0.369 e. The van der Waals surface area contributed by atoms with Gasteiger partial charge in [0.05, 0.1) is 11.6 Å². The van der Waals surface area contributed by atoms with Gasteiger partial charge in [-0.2, -0.15) is 5.10 Å². The monoisotopic (exact) mass is 319 g/mol. The first-order valence-electron chi connectivity index (χ1n) is 7.82. The minimum absolute atomic E-state index is 0.734. The average molecular weight is 319 g/mol. The molecule has 0 bridgehead atoms. The van der Waals surface area contributed by atoms with Crippen molar-refractivity contribution in [1.29, 1.82) is 0 Å². The highest BCUT2D eigenvalue weighted by Crippen LogP contribution is 2.16. The number of nitrogens with zero attached hydrogens (tertiary/aromatic N) is 5. The Balaban J connectivity index is 1.42. The highest BCUT2D eigenvalue weighted by atomic mass is 15.2. The van der Waals surface area contributed by atoms with Crippen molar-refractivity contribution in [1.82, 2.24) is 29.7 Å². The molecule has 2 N–H and O–H groups in total. The van der Waals surface area contributed by atoms with Gasteiger partial charge in [-0.3, -0.25) is 5.10 Å². The van der Waals surface area contributed by atoms with Crippen LogP contribution < -0.4 is 5.32 Å². The summed E-state index contributed by atoms with van der Waals surface area (Å²) in [5.74, 6) is 1.83. The van der Waals surface area contributed by atoms with Crippen LogP contribution in [0.15, 0.2) is 55.2 Å². The van der Waals surface area contributed by atoms with Gasteiger partial charge in [0.2, 0.25) is 0 Å². The van der Waals surface area contributed by atoms with Crippen molar-refractivity contribution in [3.63, 3.8) is 0 Å². The maximum Gasteiger partial charge on any atom is 0.160 e. The predicted octanol–water partition coefficient (Wildman–Crippen LogP) is 2.25. The molecule has 24 heavy (non-hydrogen) atoms. The maximum atomic E-state index is 4.47. The Labute approximate surface area is 138 Å². The van der Waals surface area contributed by atoms with Crippen LogP contribution in [0.1, 0.15) is 11.4 Å². The number of H-pyrrole nitrogens is 1. The Morgan fingerprint density at radius 1 is 1.08 bits per heavy atom. The molecule has 0 spiro atoms. The zero-order valence-corrected chi connectivity index (χ0v) is 13.1. The van der Waals surface area contributed by atoms with E-state index in [9.17, 15) is 0 Å². The normalized spacial score (nSPS) is 11.0. The second-order valence-electron chi connectivity index (χ2n) is 5.49. The fourth-order valence-corrected chi connectivity index (χ4v) is 2.69. The van der Waals surface area contributed by atoms with Crippen molar-refractivity contribution in [2.45, 2.75) is 13.0 Å². The van der Waals surface area contributed by atoms with Crippen LogP contribution in [0.25, 0.3) is 11.0 Å². The summed E-state index contributed by atoms with van der Waals surface area (Å²) in [7, 11) is 0. The van der Waals surface area contributed by atoms with Gasteiger partial charge in [-0.1, -0.05) is 30.3 Å². The zero-order chi connectivity index (χ0) is 16.2. The van der Waals surface area contributed by atoms with Gasteiger partial charge in [-0.15, -0.1) is 0 Å². The number of hydrogen-bond acceptors (Lipinski definition) is 5. The van der Waals surface area contributed by atoms with E-state index in [-0.39, 0.29) is 0 Å². The lowest BCUT2D eigenvalue weighted by atomic mass is 10.2. The van der Waals surface area contributed by atoms with Crippen LogP contribution in [-0.4, -0.2) is 36.3 Å². The highest BCUT2D eigenvalue weighted by molar-refractivity contribution is 5.85. The van der Waals surface area contributed by atoms with E-state index in [4.69, 9.17) is 0 Å². The Morgan fingerprint density at radius 3 is 2.92 bits per heavy atom. The molecule has 3 aromatic heterocycles. The fraction of sp³-hybridized carbons (Fsp3) is 0.176. The molecule has 0 unspecified atom stereocenters. The summed E-state index contributed by atoms with van der Waals surface area (Å²) in [6.07, 6.45) is 7.93. The maximum absolute atomic E-state index is 4.47. The van der Waals surface area contributed by atoms with Crippen LogP contribution in [-0.2, 0) is 13.0 Å². The van der Waals surface area contributed by atoms with Crippen LogP contribution in [0.2, 0.25) is 0 Å². The van der Waals surface area contributed by atoms with Crippen LogP contribution >= 0.6 is 0 Å². The lowest BCUT2D eigenvalue weighted by Gasteiger charge is -2.09. The second-order valence-corrected chi connectivity index (χ2v) is 5.49. The highest BCUT2D eigenvalue weighted by Gasteiger charge is 2.07. The first-order valence-corrected chi connectivity index (χ1v) is 7.82. The van der Waals surface area contributed by atoms with Gasteiger partial charge in [0.15, 0.2) is 5.65 Å². The Morgan fingerprint density at radius 2 is 2.00 bits per heavy atom. The van der Waals surface area contributed by atoms with Gasteiger partial charge >= 0.3 is 0 Å². The third kappa shape index (κ3) is 2.96. The van der Waals surface area contributed by atoms with Gasteiger partial charge in [0.1, 0.15) is 18.0 Å². The fourth-order valence-electron chi connectivity index (χ4n) is 2.69.